The monoisotopic (exact) mass is 420 g/mol. The molecule has 0 saturated carbocycles. The van der Waals surface area contributed by atoms with Crippen LogP contribution in [0.4, 0.5) is 5.69 Å². The summed E-state index contributed by atoms with van der Waals surface area (Å²) >= 11 is 0. The van der Waals surface area contributed by atoms with Crippen molar-refractivity contribution < 1.29 is 27.9 Å². The molecule has 0 aliphatic carbocycles. The van der Waals surface area contributed by atoms with Crippen molar-refractivity contribution in [2.24, 2.45) is 0 Å². The number of para-hydroxylation sites is 1. The van der Waals surface area contributed by atoms with Crippen LogP contribution in [0.3, 0.4) is 0 Å². The van der Waals surface area contributed by atoms with Gasteiger partial charge in [-0.1, -0.05) is 18.2 Å². The first-order valence-electron chi connectivity index (χ1n) is 8.78. The molecule has 0 bridgehead atoms. The number of sulfonamides is 1. The van der Waals surface area contributed by atoms with E-state index in [0.29, 0.717) is 16.8 Å². The Balaban J connectivity index is 2.17. The second kappa shape index (κ2) is 8.62. The van der Waals surface area contributed by atoms with Gasteiger partial charge < -0.3 is 15.2 Å². The molecular formula is C20H24N2O6S. The van der Waals surface area contributed by atoms with Gasteiger partial charge in [0.1, 0.15) is 11.3 Å². The van der Waals surface area contributed by atoms with Gasteiger partial charge in [0.15, 0.2) is 6.10 Å². The van der Waals surface area contributed by atoms with Crippen LogP contribution in [0.1, 0.15) is 28.4 Å². The van der Waals surface area contributed by atoms with E-state index in [1.165, 1.54) is 39.2 Å². The van der Waals surface area contributed by atoms with Crippen molar-refractivity contribution in [1.82, 2.24) is 4.31 Å². The first-order valence-corrected chi connectivity index (χ1v) is 10.2. The highest BCUT2D eigenvalue weighted by Crippen LogP contribution is 2.24. The summed E-state index contributed by atoms with van der Waals surface area (Å²) < 4.78 is 30.8. The molecule has 0 spiro atoms. The Bertz CT molecular complexity index is 1050. The second-order valence-electron chi connectivity index (χ2n) is 6.77. The summed E-state index contributed by atoms with van der Waals surface area (Å²) in [6, 6.07) is 9.01. The van der Waals surface area contributed by atoms with Crippen LogP contribution in [-0.4, -0.2) is 49.9 Å². The predicted molar refractivity (Wildman–Crippen MR) is 108 cm³/mol. The molecular weight excluding hydrogens is 396 g/mol. The number of phenolic OH excluding ortho intramolecular Hbond substituents is 1. The Morgan fingerprint density at radius 3 is 2.38 bits per heavy atom. The highest BCUT2D eigenvalue weighted by Gasteiger charge is 2.23. The van der Waals surface area contributed by atoms with Crippen LogP contribution in [0.5, 0.6) is 5.75 Å². The van der Waals surface area contributed by atoms with E-state index in [4.69, 9.17) is 4.74 Å². The number of carbonyl (C=O) groups is 2. The third-order valence-corrected chi connectivity index (χ3v) is 6.17. The smallest absolute Gasteiger partial charge is 0.342 e. The highest BCUT2D eigenvalue weighted by atomic mass is 32.2. The maximum absolute atomic E-state index is 12.5. The van der Waals surface area contributed by atoms with Crippen LogP contribution < -0.4 is 5.32 Å². The van der Waals surface area contributed by atoms with Crippen LogP contribution in [0, 0.1) is 13.8 Å². The minimum Gasteiger partial charge on any atom is -0.507 e. The van der Waals surface area contributed by atoms with Crippen LogP contribution >= 0.6 is 0 Å². The highest BCUT2D eigenvalue weighted by molar-refractivity contribution is 7.89. The SMILES string of the molecule is Cc1ccc(S(=O)(=O)N(C)C)cc1NC(=O)C(C)OC(=O)c1cccc(C)c1O. The fourth-order valence-electron chi connectivity index (χ4n) is 2.44. The van der Waals surface area contributed by atoms with Crippen molar-refractivity contribution in [3.05, 3.63) is 53.1 Å². The lowest BCUT2D eigenvalue weighted by molar-refractivity contribution is -0.123. The molecule has 0 heterocycles. The Morgan fingerprint density at radius 1 is 1.10 bits per heavy atom. The quantitative estimate of drug-likeness (QED) is 0.694. The molecule has 2 rings (SSSR count). The number of hydrogen-bond acceptors (Lipinski definition) is 6. The summed E-state index contributed by atoms with van der Waals surface area (Å²) in [7, 11) is -0.842. The summed E-state index contributed by atoms with van der Waals surface area (Å²) in [6.07, 6.45) is -1.17. The normalized spacial score (nSPS) is 12.5. The molecule has 0 aliphatic heterocycles. The number of nitrogens with one attached hydrogen (secondary N) is 1. The zero-order valence-corrected chi connectivity index (χ0v) is 17.7. The number of ether oxygens (including phenoxy) is 1. The molecule has 0 radical (unpaired) electrons. The van der Waals surface area contributed by atoms with E-state index < -0.39 is 28.0 Å². The van der Waals surface area contributed by atoms with Gasteiger partial charge in [0, 0.05) is 19.8 Å². The summed E-state index contributed by atoms with van der Waals surface area (Å²) in [5.41, 5.74) is 1.40. The van der Waals surface area contributed by atoms with Gasteiger partial charge in [-0.2, -0.15) is 0 Å². The summed E-state index contributed by atoms with van der Waals surface area (Å²) in [6.45, 7) is 4.73. The van der Waals surface area contributed by atoms with Gasteiger partial charge in [-0.05, 0) is 50.1 Å². The van der Waals surface area contributed by atoms with E-state index in [9.17, 15) is 23.1 Å². The number of aryl methyl sites for hydroxylation is 2. The Kier molecular flexibility index (Phi) is 6.66. The van der Waals surface area contributed by atoms with Crippen molar-refractivity contribution in [3.63, 3.8) is 0 Å². The summed E-state index contributed by atoms with van der Waals surface area (Å²) in [5, 5.41) is 12.6. The molecule has 0 saturated heterocycles. The molecule has 2 N–H and O–H groups in total. The van der Waals surface area contributed by atoms with Gasteiger partial charge in [-0.25, -0.2) is 17.5 Å². The van der Waals surface area contributed by atoms with Crippen molar-refractivity contribution in [1.29, 1.82) is 0 Å². The minimum atomic E-state index is -3.67. The van der Waals surface area contributed by atoms with Crippen molar-refractivity contribution >= 4 is 27.6 Å². The zero-order valence-electron chi connectivity index (χ0n) is 16.9. The third kappa shape index (κ3) is 4.93. The molecule has 1 unspecified atom stereocenters. The molecule has 2 aromatic rings. The molecule has 0 aromatic heterocycles. The van der Waals surface area contributed by atoms with Crippen molar-refractivity contribution in [2.45, 2.75) is 31.8 Å². The number of carbonyl (C=O) groups excluding carboxylic acids is 2. The van der Waals surface area contributed by atoms with Gasteiger partial charge in [-0.3, -0.25) is 4.79 Å². The van der Waals surface area contributed by atoms with Crippen LogP contribution in [-0.2, 0) is 19.6 Å². The first kappa shape index (κ1) is 22.4. The number of benzene rings is 2. The zero-order chi connectivity index (χ0) is 21.9. The number of rotatable bonds is 6. The van der Waals surface area contributed by atoms with Gasteiger partial charge in [0.05, 0.1) is 4.90 Å². The third-order valence-electron chi connectivity index (χ3n) is 4.36. The molecule has 0 fully saturated rings. The average molecular weight is 420 g/mol. The standard InChI is InChI=1S/C20H24N2O6S/c1-12-9-10-15(29(26,27)22(4)5)11-17(12)21-19(24)14(3)28-20(25)16-8-6-7-13(2)18(16)23/h6-11,14,23H,1-5H3,(H,21,24). The molecule has 9 heteroatoms. The Hall–Kier alpha value is -2.91. The minimum absolute atomic E-state index is 0.0257. The molecule has 29 heavy (non-hydrogen) atoms. The lowest BCUT2D eigenvalue weighted by Crippen LogP contribution is -2.30. The van der Waals surface area contributed by atoms with E-state index in [1.807, 2.05) is 0 Å². The van der Waals surface area contributed by atoms with Crippen molar-refractivity contribution in [3.8, 4) is 5.75 Å². The van der Waals surface area contributed by atoms with Crippen LogP contribution in [0.2, 0.25) is 0 Å². The number of nitrogens with zero attached hydrogens (tertiary/aromatic N) is 1. The van der Waals surface area contributed by atoms with E-state index in [-0.39, 0.29) is 16.2 Å². The molecule has 0 aliphatic rings. The van der Waals surface area contributed by atoms with Crippen LogP contribution in [0.15, 0.2) is 41.3 Å². The van der Waals surface area contributed by atoms with Gasteiger partial charge >= 0.3 is 5.97 Å². The summed E-state index contributed by atoms with van der Waals surface area (Å²) in [4.78, 5) is 24.8. The Morgan fingerprint density at radius 2 is 1.76 bits per heavy atom. The van der Waals surface area contributed by atoms with Gasteiger partial charge in [0.25, 0.3) is 5.91 Å². The molecule has 1 amide bonds. The number of esters is 1. The average Bonchev–Trinajstić information content (AvgIpc) is 2.65. The second-order valence-corrected chi connectivity index (χ2v) is 8.92. The number of anilines is 1. The molecule has 1 atom stereocenters. The van der Waals surface area contributed by atoms with Gasteiger partial charge in [-0.15, -0.1) is 0 Å². The first-order chi connectivity index (χ1) is 13.4. The molecule has 8 nitrogen and oxygen atoms in total. The fourth-order valence-corrected chi connectivity index (χ4v) is 3.37. The maximum Gasteiger partial charge on any atom is 0.342 e. The van der Waals surface area contributed by atoms with E-state index in [0.717, 1.165) is 4.31 Å². The topological polar surface area (TPSA) is 113 Å². The Labute approximate surface area is 170 Å². The predicted octanol–water partition coefficient (Wildman–Crippen LogP) is 2.44. The lowest BCUT2D eigenvalue weighted by atomic mass is 10.1. The van der Waals surface area contributed by atoms with Crippen LogP contribution in [0.25, 0.3) is 0 Å². The fraction of sp³-hybridized carbons (Fsp3) is 0.300. The number of amides is 1. The number of hydrogen-bond donors (Lipinski definition) is 2. The molecule has 156 valence electrons. The van der Waals surface area contributed by atoms with E-state index >= 15 is 0 Å². The van der Waals surface area contributed by atoms with Gasteiger partial charge in [0.2, 0.25) is 10.0 Å². The lowest BCUT2D eigenvalue weighted by Gasteiger charge is -2.17. The molecule has 2 aromatic carbocycles. The van der Waals surface area contributed by atoms with E-state index in [2.05, 4.69) is 5.32 Å². The van der Waals surface area contributed by atoms with E-state index in [1.54, 1.807) is 32.0 Å². The van der Waals surface area contributed by atoms with Crippen molar-refractivity contribution in [2.75, 3.05) is 19.4 Å². The largest absolute Gasteiger partial charge is 0.507 e. The maximum atomic E-state index is 12.5. The summed E-state index contributed by atoms with van der Waals surface area (Å²) in [5.74, 6) is -1.68. The number of phenols is 1. The number of aromatic hydroxyl groups is 1.